The third-order valence-corrected chi connectivity index (χ3v) is 3.63. The normalized spacial score (nSPS) is 20.1. The Balaban J connectivity index is 2.22. The van der Waals surface area contributed by atoms with Gasteiger partial charge < -0.3 is 5.11 Å². The fourth-order valence-corrected chi connectivity index (χ4v) is 2.66. The third kappa shape index (κ3) is 2.23. The van der Waals surface area contributed by atoms with Gasteiger partial charge in [-0.3, -0.25) is 4.79 Å². The molecular weight excluding hydrogens is 208 g/mol. The topological polar surface area (TPSA) is 37.3 Å². The number of rotatable bonds is 2. The van der Waals surface area contributed by atoms with E-state index in [4.69, 9.17) is 5.11 Å². The van der Waals surface area contributed by atoms with Crippen molar-refractivity contribution < 1.29 is 9.90 Å². The molecule has 1 aliphatic rings. The Labute approximate surface area is 93.0 Å². The van der Waals surface area contributed by atoms with E-state index in [9.17, 15) is 4.79 Å². The van der Waals surface area contributed by atoms with Crippen molar-refractivity contribution in [2.75, 3.05) is 5.75 Å². The number of carbonyl (C=O) groups is 1. The lowest BCUT2D eigenvalue weighted by atomic mass is 10.1. The number of thioether (sulfide) groups is 1. The van der Waals surface area contributed by atoms with Gasteiger partial charge >= 0.3 is 5.97 Å². The molecule has 0 saturated heterocycles. The molecule has 0 unspecified atom stereocenters. The highest BCUT2D eigenvalue weighted by atomic mass is 32.2. The van der Waals surface area contributed by atoms with Crippen LogP contribution in [0, 0.1) is 12.8 Å². The first-order valence-corrected chi connectivity index (χ1v) is 5.80. The summed E-state index contributed by atoms with van der Waals surface area (Å²) in [5.41, 5.74) is 2.34. The fraction of sp³-hybridized carbons (Fsp3) is 0.250. The zero-order valence-corrected chi connectivity index (χ0v) is 9.25. The van der Waals surface area contributed by atoms with Crippen molar-refractivity contribution in [3.8, 4) is 0 Å². The third-order valence-electron chi connectivity index (χ3n) is 2.42. The predicted octanol–water partition coefficient (Wildman–Crippen LogP) is 2.78. The minimum absolute atomic E-state index is 0.327. The molecule has 3 heteroatoms. The zero-order chi connectivity index (χ0) is 10.8. The van der Waals surface area contributed by atoms with Crippen molar-refractivity contribution in [3.05, 3.63) is 41.5 Å². The predicted molar refractivity (Wildman–Crippen MR) is 62.7 cm³/mol. The van der Waals surface area contributed by atoms with Gasteiger partial charge in [0.15, 0.2) is 0 Å². The highest BCUT2D eigenvalue weighted by Crippen LogP contribution is 2.36. The minimum Gasteiger partial charge on any atom is -0.481 e. The largest absolute Gasteiger partial charge is 0.481 e. The maximum absolute atomic E-state index is 10.8. The number of carboxylic acid groups (broad SMARTS) is 1. The number of carboxylic acids is 1. The lowest BCUT2D eigenvalue weighted by Crippen LogP contribution is -2.10. The van der Waals surface area contributed by atoms with E-state index in [1.54, 1.807) is 11.8 Å². The van der Waals surface area contributed by atoms with Crippen molar-refractivity contribution in [3.63, 3.8) is 0 Å². The lowest BCUT2D eigenvalue weighted by molar-refractivity contribution is -0.139. The van der Waals surface area contributed by atoms with E-state index in [0.717, 1.165) is 10.5 Å². The lowest BCUT2D eigenvalue weighted by Gasteiger charge is -2.00. The SMILES string of the molecule is Cc1ccc(C2=C[C@@H](C(=O)O)CS2)cc1. The zero-order valence-electron chi connectivity index (χ0n) is 8.43. The summed E-state index contributed by atoms with van der Waals surface area (Å²) >= 11 is 1.62. The van der Waals surface area contributed by atoms with Crippen LogP contribution in [-0.2, 0) is 4.79 Å². The number of hydrogen-bond donors (Lipinski definition) is 1. The molecule has 2 nitrogen and oxygen atoms in total. The molecule has 1 aliphatic heterocycles. The Morgan fingerprint density at radius 2 is 2.07 bits per heavy atom. The van der Waals surface area contributed by atoms with Crippen LogP contribution in [0.2, 0.25) is 0 Å². The molecule has 0 aromatic heterocycles. The first-order chi connectivity index (χ1) is 7.16. The van der Waals surface area contributed by atoms with Crippen LogP contribution in [0.5, 0.6) is 0 Å². The summed E-state index contributed by atoms with van der Waals surface area (Å²) in [7, 11) is 0. The molecule has 0 amide bonds. The molecule has 1 N–H and O–H groups in total. The second-order valence-corrected chi connectivity index (χ2v) is 4.71. The van der Waals surface area contributed by atoms with Crippen molar-refractivity contribution in [1.29, 1.82) is 0 Å². The Hall–Kier alpha value is -1.22. The Bertz CT molecular complexity index is 406. The average Bonchev–Trinajstić information content (AvgIpc) is 2.68. The van der Waals surface area contributed by atoms with Gasteiger partial charge in [-0.1, -0.05) is 35.9 Å². The van der Waals surface area contributed by atoms with Gasteiger partial charge in [-0.2, -0.15) is 0 Å². The van der Waals surface area contributed by atoms with E-state index in [1.807, 2.05) is 37.3 Å². The second kappa shape index (κ2) is 4.11. The maximum Gasteiger partial charge on any atom is 0.311 e. The van der Waals surface area contributed by atoms with Gasteiger partial charge in [0.05, 0.1) is 5.92 Å². The molecule has 0 radical (unpaired) electrons. The van der Waals surface area contributed by atoms with Crippen LogP contribution in [0.4, 0.5) is 0 Å². The quantitative estimate of drug-likeness (QED) is 0.832. The van der Waals surface area contributed by atoms with Gasteiger partial charge in [-0.15, -0.1) is 11.8 Å². The molecule has 0 bridgehead atoms. The average molecular weight is 220 g/mol. The van der Waals surface area contributed by atoms with Gasteiger partial charge in [0.2, 0.25) is 0 Å². The highest BCUT2D eigenvalue weighted by Gasteiger charge is 2.23. The first-order valence-electron chi connectivity index (χ1n) is 4.81. The standard InChI is InChI=1S/C12H12O2S/c1-8-2-4-9(5-3-8)11-6-10(7-15-11)12(13)14/h2-6,10H,7H2,1H3,(H,13,14)/t10-/m1/s1. The van der Waals surface area contributed by atoms with Crippen molar-refractivity contribution in [2.24, 2.45) is 5.92 Å². The summed E-state index contributed by atoms with van der Waals surface area (Å²) in [5, 5.41) is 8.86. The van der Waals surface area contributed by atoms with Crippen LogP contribution in [-0.4, -0.2) is 16.8 Å². The maximum atomic E-state index is 10.8. The van der Waals surface area contributed by atoms with Crippen molar-refractivity contribution >= 4 is 22.6 Å². The molecule has 15 heavy (non-hydrogen) atoms. The van der Waals surface area contributed by atoms with Gasteiger partial charge in [-0.05, 0) is 12.5 Å². The summed E-state index contributed by atoms with van der Waals surface area (Å²) < 4.78 is 0. The Morgan fingerprint density at radius 1 is 1.40 bits per heavy atom. The summed E-state index contributed by atoms with van der Waals surface area (Å²) in [5.74, 6) is -0.408. The Kier molecular flexibility index (Phi) is 2.82. The van der Waals surface area contributed by atoms with E-state index in [0.29, 0.717) is 5.75 Å². The summed E-state index contributed by atoms with van der Waals surface area (Å²) in [6.45, 7) is 2.04. The molecule has 1 aromatic carbocycles. The smallest absolute Gasteiger partial charge is 0.311 e. The van der Waals surface area contributed by atoms with Crippen LogP contribution in [0.15, 0.2) is 30.3 Å². The van der Waals surface area contributed by atoms with Gasteiger partial charge in [0, 0.05) is 10.7 Å². The van der Waals surface area contributed by atoms with Crippen LogP contribution in [0.25, 0.3) is 4.91 Å². The van der Waals surface area contributed by atoms with Crippen LogP contribution in [0.3, 0.4) is 0 Å². The van der Waals surface area contributed by atoms with E-state index >= 15 is 0 Å². The van der Waals surface area contributed by atoms with E-state index in [-0.39, 0.29) is 5.92 Å². The molecule has 0 saturated carbocycles. The molecule has 1 atom stereocenters. The number of benzene rings is 1. The molecule has 0 spiro atoms. The van der Waals surface area contributed by atoms with Crippen molar-refractivity contribution in [2.45, 2.75) is 6.92 Å². The number of aryl methyl sites for hydroxylation is 1. The van der Waals surface area contributed by atoms with Crippen LogP contribution >= 0.6 is 11.8 Å². The molecule has 1 heterocycles. The van der Waals surface area contributed by atoms with Crippen molar-refractivity contribution in [1.82, 2.24) is 0 Å². The summed E-state index contributed by atoms with van der Waals surface area (Å²) in [4.78, 5) is 11.9. The van der Waals surface area contributed by atoms with Crippen LogP contribution < -0.4 is 0 Å². The fourth-order valence-electron chi connectivity index (χ4n) is 1.50. The monoisotopic (exact) mass is 220 g/mol. The van der Waals surface area contributed by atoms with E-state index in [1.165, 1.54) is 5.56 Å². The first kappa shape index (κ1) is 10.3. The number of aliphatic carboxylic acids is 1. The minimum atomic E-state index is -0.732. The molecule has 0 fully saturated rings. The molecule has 0 aliphatic carbocycles. The van der Waals surface area contributed by atoms with E-state index < -0.39 is 5.97 Å². The molecule has 2 rings (SSSR count). The van der Waals surface area contributed by atoms with Crippen LogP contribution in [0.1, 0.15) is 11.1 Å². The molecular formula is C12H12O2S. The Morgan fingerprint density at radius 3 is 2.60 bits per heavy atom. The highest BCUT2D eigenvalue weighted by molar-refractivity contribution is 8.08. The molecule has 1 aromatic rings. The molecule has 78 valence electrons. The van der Waals surface area contributed by atoms with Gasteiger partial charge in [0.25, 0.3) is 0 Å². The number of hydrogen-bond acceptors (Lipinski definition) is 2. The van der Waals surface area contributed by atoms with Gasteiger partial charge in [0.1, 0.15) is 0 Å². The van der Waals surface area contributed by atoms with Gasteiger partial charge in [-0.25, -0.2) is 0 Å². The van der Waals surface area contributed by atoms with E-state index in [2.05, 4.69) is 0 Å². The summed E-state index contributed by atoms with van der Waals surface area (Å²) in [6, 6.07) is 8.17. The summed E-state index contributed by atoms with van der Waals surface area (Å²) in [6.07, 6.45) is 1.84. The second-order valence-electron chi connectivity index (χ2n) is 3.65.